The van der Waals surface area contributed by atoms with Crippen LogP contribution in [0.3, 0.4) is 0 Å². The Morgan fingerprint density at radius 2 is 2.10 bits per heavy atom. The first kappa shape index (κ1) is 13.0. The van der Waals surface area contributed by atoms with Gasteiger partial charge < -0.3 is 15.0 Å². The van der Waals surface area contributed by atoms with E-state index in [1.54, 1.807) is 12.1 Å². The maximum atomic E-state index is 5.97. The van der Waals surface area contributed by atoms with Crippen molar-refractivity contribution in [2.75, 3.05) is 12.8 Å². The molecular weight excluding hydrogens is 270 g/mol. The standard InChI is InChI=1S/C14H13N5O2/c1-8-4-3-5-9(15)12(8)14-18-13(19-21-14)10-6-11(20-2)17-7-16-10/h3-7H,15H2,1-2H3. The van der Waals surface area contributed by atoms with Gasteiger partial charge in [0.05, 0.1) is 12.7 Å². The maximum absolute atomic E-state index is 5.97. The monoisotopic (exact) mass is 283 g/mol. The van der Waals surface area contributed by atoms with Gasteiger partial charge in [-0.25, -0.2) is 9.97 Å². The van der Waals surface area contributed by atoms with E-state index in [0.717, 1.165) is 11.1 Å². The number of hydrogen-bond donors (Lipinski definition) is 1. The minimum absolute atomic E-state index is 0.355. The summed E-state index contributed by atoms with van der Waals surface area (Å²) in [5.41, 5.74) is 8.78. The van der Waals surface area contributed by atoms with Crippen molar-refractivity contribution >= 4 is 5.69 Å². The Kier molecular flexibility index (Phi) is 3.23. The minimum Gasteiger partial charge on any atom is -0.481 e. The molecule has 0 aliphatic heterocycles. The Morgan fingerprint density at radius 1 is 1.24 bits per heavy atom. The lowest BCUT2D eigenvalue weighted by molar-refractivity contribution is 0.397. The number of anilines is 1. The predicted octanol–water partition coefficient (Wildman–Crippen LogP) is 2.09. The number of aryl methyl sites for hydroxylation is 1. The highest BCUT2D eigenvalue weighted by atomic mass is 16.5. The van der Waals surface area contributed by atoms with Gasteiger partial charge in [0.15, 0.2) is 0 Å². The van der Waals surface area contributed by atoms with Gasteiger partial charge in [-0.05, 0) is 18.6 Å². The third-order valence-electron chi connectivity index (χ3n) is 3.03. The number of hydrogen-bond acceptors (Lipinski definition) is 7. The summed E-state index contributed by atoms with van der Waals surface area (Å²) < 4.78 is 10.3. The van der Waals surface area contributed by atoms with Gasteiger partial charge in [-0.15, -0.1) is 0 Å². The molecule has 0 aliphatic rings. The van der Waals surface area contributed by atoms with Crippen LogP contribution in [0.2, 0.25) is 0 Å². The summed E-state index contributed by atoms with van der Waals surface area (Å²) in [5.74, 6) is 1.15. The molecule has 2 N–H and O–H groups in total. The molecule has 0 atom stereocenters. The Balaban J connectivity index is 2.04. The number of nitrogens with zero attached hydrogens (tertiary/aromatic N) is 4. The van der Waals surface area contributed by atoms with Crippen LogP contribution in [0, 0.1) is 6.92 Å². The van der Waals surface area contributed by atoms with Crippen LogP contribution >= 0.6 is 0 Å². The zero-order valence-electron chi connectivity index (χ0n) is 11.6. The van der Waals surface area contributed by atoms with E-state index in [1.807, 2.05) is 19.1 Å². The van der Waals surface area contributed by atoms with Gasteiger partial charge in [-0.3, -0.25) is 0 Å². The second-order valence-electron chi connectivity index (χ2n) is 4.41. The van der Waals surface area contributed by atoms with Gasteiger partial charge >= 0.3 is 0 Å². The van der Waals surface area contributed by atoms with E-state index in [-0.39, 0.29) is 0 Å². The lowest BCUT2D eigenvalue weighted by Gasteiger charge is -2.03. The van der Waals surface area contributed by atoms with Crippen molar-refractivity contribution in [1.82, 2.24) is 20.1 Å². The molecule has 106 valence electrons. The highest BCUT2D eigenvalue weighted by Crippen LogP contribution is 2.29. The van der Waals surface area contributed by atoms with E-state index in [1.165, 1.54) is 13.4 Å². The summed E-state index contributed by atoms with van der Waals surface area (Å²) in [6, 6.07) is 7.24. The third kappa shape index (κ3) is 2.40. The number of ether oxygens (including phenoxy) is 1. The second kappa shape index (κ2) is 5.20. The molecule has 7 heteroatoms. The summed E-state index contributed by atoms with van der Waals surface area (Å²) in [5, 5.41) is 3.93. The van der Waals surface area contributed by atoms with Crippen molar-refractivity contribution in [2.24, 2.45) is 0 Å². The van der Waals surface area contributed by atoms with Crippen molar-refractivity contribution in [3.63, 3.8) is 0 Å². The van der Waals surface area contributed by atoms with Crippen LogP contribution in [0.1, 0.15) is 5.56 Å². The molecule has 0 fully saturated rings. The average Bonchev–Trinajstić information content (AvgIpc) is 2.97. The SMILES string of the molecule is COc1cc(-c2noc(-c3c(C)cccc3N)n2)ncn1. The fourth-order valence-corrected chi connectivity index (χ4v) is 1.99. The summed E-state index contributed by atoms with van der Waals surface area (Å²) in [6.07, 6.45) is 1.38. The average molecular weight is 283 g/mol. The lowest BCUT2D eigenvalue weighted by Crippen LogP contribution is -1.94. The predicted molar refractivity (Wildman–Crippen MR) is 76.5 cm³/mol. The molecule has 3 aromatic rings. The molecule has 1 aromatic carbocycles. The van der Waals surface area contributed by atoms with Gasteiger partial charge in [0.1, 0.15) is 12.0 Å². The molecule has 0 spiro atoms. The molecule has 0 bridgehead atoms. The van der Waals surface area contributed by atoms with E-state index in [2.05, 4.69) is 20.1 Å². The molecule has 0 radical (unpaired) electrons. The number of methoxy groups -OCH3 is 1. The second-order valence-corrected chi connectivity index (χ2v) is 4.41. The van der Waals surface area contributed by atoms with E-state index >= 15 is 0 Å². The topological polar surface area (TPSA) is 100.0 Å². The minimum atomic E-state index is 0.355. The van der Waals surface area contributed by atoms with Gasteiger partial charge in [0.2, 0.25) is 11.7 Å². The fourth-order valence-electron chi connectivity index (χ4n) is 1.99. The summed E-state index contributed by atoms with van der Waals surface area (Å²) >= 11 is 0. The Labute approximate surface area is 120 Å². The Hall–Kier alpha value is -2.96. The van der Waals surface area contributed by atoms with Crippen LogP contribution < -0.4 is 10.5 Å². The van der Waals surface area contributed by atoms with E-state index in [9.17, 15) is 0 Å². The van der Waals surface area contributed by atoms with Crippen LogP contribution in [0.5, 0.6) is 5.88 Å². The van der Waals surface area contributed by atoms with Crippen molar-refractivity contribution in [3.8, 4) is 28.9 Å². The van der Waals surface area contributed by atoms with Crippen molar-refractivity contribution in [2.45, 2.75) is 6.92 Å². The zero-order valence-corrected chi connectivity index (χ0v) is 11.6. The first-order valence-corrected chi connectivity index (χ1v) is 6.24. The molecule has 0 aliphatic carbocycles. The quantitative estimate of drug-likeness (QED) is 0.734. The first-order valence-electron chi connectivity index (χ1n) is 6.24. The molecule has 0 amide bonds. The molecule has 0 saturated carbocycles. The molecular formula is C14H13N5O2. The van der Waals surface area contributed by atoms with Crippen LogP contribution in [-0.4, -0.2) is 27.2 Å². The largest absolute Gasteiger partial charge is 0.481 e. The smallest absolute Gasteiger partial charge is 0.260 e. The molecule has 3 rings (SSSR count). The van der Waals surface area contributed by atoms with Crippen molar-refractivity contribution in [1.29, 1.82) is 0 Å². The highest BCUT2D eigenvalue weighted by Gasteiger charge is 2.16. The van der Waals surface area contributed by atoms with Crippen LogP contribution in [-0.2, 0) is 0 Å². The maximum Gasteiger partial charge on any atom is 0.260 e. The Morgan fingerprint density at radius 3 is 2.86 bits per heavy atom. The third-order valence-corrected chi connectivity index (χ3v) is 3.03. The number of rotatable bonds is 3. The molecule has 0 saturated heterocycles. The number of aromatic nitrogens is 4. The first-order chi connectivity index (χ1) is 10.2. The van der Waals surface area contributed by atoms with Crippen LogP contribution in [0.15, 0.2) is 35.1 Å². The van der Waals surface area contributed by atoms with Gasteiger partial charge in [-0.1, -0.05) is 17.3 Å². The van der Waals surface area contributed by atoms with Crippen LogP contribution in [0.4, 0.5) is 5.69 Å². The fraction of sp³-hybridized carbons (Fsp3) is 0.143. The van der Waals surface area contributed by atoms with Gasteiger partial charge in [-0.2, -0.15) is 4.98 Å². The molecule has 7 nitrogen and oxygen atoms in total. The lowest BCUT2D eigenvalue weighted by atomic mass is 10.1. The van der Waals surface area contributed by atoms with Crippen molar-refractivity contribution < 1.29 is 9.26 Å². The zero-order chi connectivity index (χ0) is 14.8. The normalized spacial score (nSPS) is 10.6. The summed E-state index contributed by atoms with van der Waals surface area (Å²) in [6.45, 7) is 1.93. The van der Waals surface area contributed by atoms with Gasteiger partial charge in [0.25, 0.3) is 5.89 Å². The van der Waals surface area contributed by atoms with E-state index < -0.39 is 0 Å². The van der Waals surface area contributed by atoms with Crippen LogP contribution in [0.25, 0.3) is 23.0 Å². The van der Waals surface area contributed by atoms with Crippen molar-refractivity contribution in [3.05, 3.63) is 36.2 Å². The number of nitrogens with two attached hydrogens (primary N) is 1. The molecule has 0 unspecified atom stereocenters. The molecule has 2 aromatic heterocycles. The Bertz CT molecular complexity index is 764. The van der Waals surface area contributed by atoms with E-state index in [4.69, 9.17) is 15.0 Å². The summed E-state index contributed by atoms with van der Waals surface area (Å²) in [7, 11) is 1.53. The van der Waals surface area contributed by atoms with E-state index in [0.29, 0.717) is 29.0 Å². The molecule has 21 heavy (non-hydrogen) atoms. The van der Waals surface area contributed by atoms with Gasteiger partial charge in [0, 0.05) is 11.8 Å². The number of benzene rings is 1. The summed E-state index contributed by atoms with van der Waals surface area (Å²) in [4.78, 5) is 12.4. The molecule has 2 heterocycles. The number of nitrogen functional groups attached to an aromatic ring is 1. The highest BCUT2D eigenvalue weighted by molar-refractivity contribution is 5.74.